The summed E-state index contributed by atoms with van der Waals surface area (Å²) in [7, 11) is 0. The van der Waals surface area contributed by atoms with E-state index in [1.807, 2.05) is 12.1 Å². The van der Waals surface area contributed by atoms with Gasteiger partial charge in [0.1, 0.15) is 0 Å². The molecule has 1 aromatic carbocycles. The molecule has 17 heavy (non-hydrogen) atoms. The molecule has 0 unspecified atom stereocenters. The molecule has 0 aliphatic rings. The summed E-state index contributed by atoms with van der Waals surface area (Å²) in [5.41, 5.74) is 8.36. The fraction of sp³-hybridized carbons (Fsp3) is 0.167. The molecule has 0 aliphatic heterocycles. The summed E-state index contributed by atoms with van der Waals surface area (Å²) in [6, 6.07) is 8.17. The Bertz CT molecular complexity index is 559. The van der Waals surface area contributed by atoms with Gasteiger partial charge in [0.25, 0.3) is 0 Å². The van der Waals surface area contributed by atoms with E-state index >= 15 is 0 Å². The van der Waals surface area contributed by atoms with Gasteiger partial charge in [-0.25, -0.2) is 4.68 Å². The lowest BCUT2D eigenvalue weighted by Gasteiger charge is -2.05. The second-order valence-corrected chi connectivity index (χ2v) is 4.52. The third kappa shape index (κ3) is 2.55. The Morgan fingerprint density at radius 3 is 2.76 bits per heavy atom. The first kappa shape index (κ1) is 11.9. The Balaban J connectivity index is 2.30. The molecule has 2 aromatic rings. The Morgan fingerprint density at radius 2 is 2.18 bits per heavy atom. The minimum atomic E-state index is 0.370. The van der Waals surface area contributed by atoms with Crippen molar-refractivity contribution in [2.75, 3.05) is 0 Å². The molecule has 0 spiro atoms. The fourth-order valence-corrected chi connectivity index (χ4v) is 1.88. The van der Waals surface area contributed by atoms with Gasteiger partial charge in [-0.3, -0.25) is 0 Å². The number of nitrogens with zero attached hydrogens (tertiary/aromatic N) is 3. The number of hydrogen-bond donors (Lipinski definition) is 1. The Morgan fingerprint density at radius 1 is 1.47 bits per heavy atom. The van der Waals surface area contributed by atoms with E-state index in [0.29, 0.717) is 22.8 Å². The van der Waals surface area contributed by atoms with Gasteiger partial charge in [-0.1, -0.05) is 30.8 Å². The summed E-state index contributed by atoms with van der Waals surface area (Å²) >= 11 is 3.36. The van der Waals surface area contributed by atoms with Gasteiger partial charge in [-0.2, -0.15) is 4.98 Å². The van der Waals surface area contributed by atoms with Crippen LogP contribution in [-0.2, 0) is 6.54 Å². The topological polar surface area (TPSA) is 56.7 Å². The van der Waals surface area contributed by atoms with Crippen molar-refractivity contribution < 1.29 is 0 Å². The summed E-state index contributed by atoms with van der Waals surface area (Å²) in [4.78, 5) is 4.18. The Labute approximate surface area is 108 Å². The summed E-state index contributed by atoms with van der Waals surface area (Å²) in [6.45, 7) is 6.36. The maximum atomic E-state index is 5.57. The molecule has 0 saturated carbocycles. The lowest BCUT2D eigenvalue weighted by molar-refractivity contribution is 0.663. The van der Waals surface area contributed by atoms with Crippen LogP contribution in [0.1, 0.15) is 17.0 Å². The van der Waals surface area contributed by atoms with Crippen LogP contribution in [0.2, 0.25) is 0 Å². The molecule has 5 heteroatoms. The maximum Gasteiger partial charge on any atom is 0.197 e. The van der Waals surface area contributed by atoms with E-state index in [2.05, 4.69) is 51.6 Å². The van der Waals surface area contributed by atoms with Crippen molar-refractivity contribution in [1.82, 2.24) is 14.8 Å². The highest BCUT2D eigenvalue weighted by Crippen LogP contribution is 2.14. The van der Waals surface area contributed by atoms with Crippen molar-refractivity contribution in [2.45, 2.75) is 13.5 Å². The van der Waals surface area contributed by atoms with Crippen LogP contribution >= 0.6 is 15.9 Å². The lowest BCUT2D eigenvalue weighted by Crippen LogP contribution is -2.05. The third-order valence-corrected chi connectivity index (χ3v) is 3.08. The predicted octanol–water partition coefficient (Wildman–Crippen LogP) is 2.33. The first-order valence-corrected chi connectivity index (χ1v) is 5.97. The van der Waals surface area contributed by atoms with Crippen LogP contribution in [0.25, 0.3) is 5.70 Å². The van der Waals surface area contributed by atoms with Gasteiger partial charge >= 0.3 is 0 Å². The van der Waals surface area contributed by atoms with Crippen molar-refractivity contribution in [3.63, 3.8) is 0 Å². The van der Waals surface area contributed by atoms with Crippen LogP contribution < -0.4 is 5.73 Å². The van der Waals surface area contributed by atoms with Gasteiger partial charge < -0.3 is 5.73 Å². The Kier molecular flexibility index (Phi) is 3.28. The molecule has 0 radical (unpaired) electrons. The van der Waals surface area contributed by atoms with Gasteiger partial charge in [-0.05, 0) is 34.0 Å². The van der Waals surface area contributed by atoms with Gasteiger partial charge in [0, 0.05) is 0 Å². The van der Waals surface area contributed by atoms with E-state index in [4.69, 9.17) is 5.73 Å². The van der Waals surface area contributed by atoms with Crippen molar-refractivity contribution in [3.8, 4) is 0 Å². The van der Waals surface area contributed by atoms with E-state index < -0.39 is 0 Å². The van der Waals surface area contributed by atoms with Crippen molar-refractivity contribution in [2.24, 2.45) is 5.73 Å². The Hall–Kier alpha value is -1.62. The molecule has 0 saturated heterocycles. The second-order valence-electron chi connectivity index (χ2n) is 3.81. The smallest absolute Gasteiger partial charge is 0.197 e. The molecular weight excluding hydrogens is 280 g/mol. The standard InChI is InChI=1S/C12H13BrN4/c1-8-5-3-4-6-10(8)7-17-12(13)15-11(16-17)9(2)14/h3-6H,2,7,14H2,1H3. The molecule has 1 aromatic heterocycles. The summed E-state index contributed by atoms with van der Waals surface area (Å²) < 4.78 is 2.41. The zero-order valence-electron chi connectivity index (χ0n) is 9.52. The van der Waals surface area contributed by atoms with E-state index in [0.717, 1.165) is 0 Å². The molecule has 0 fully saturated rings. The number of benzene rings is 1. The fourth-order valence-electron chi connectivity index (χ4n) is 1.51. The van der Waals surface area contributed by atoms with Crippen molar-refractivity contribution >= 4 is 21.6 Å². The largest absolute Gasteiger partial charge is 0.396 e. The van der Waals surface area contributed by atoms with E-state index in [9.17, 15) is 0 Å². The van der Waals surface area contributed by atoms with Crippen molar-refractivity contribution in [3.05, 3.63) is 52.5 Å². The average molecular weight is 293 g/mol. The first-order chi connectivity index (χ1) is 8.08. The first-order valence-electron chi connectivity index (χ1n) is 5.17. The van der Waals surface area contributed by atoms with E-state index in [1.165, 1.54) is 11.1 Å². The normalized spacial score (nSPS) is 10.5. The van der Waals surface area contributed by atoms with Gasteiger partial charge in [0.15, 0.2) is 10.6 Å². The van der Waals surface area contributed by atoms with E-state index in [-0.39, 0.29) is 0 Å². The second kappa shape index (κ2) is 4.71. The SMILES string of the molecule is C=C(N)c1nc(Br)n(Cc2ccccc2C)n1. The molecule has 88 valence electrons. The highest BCUT2D eigenvalue weighted by atomic mass is 79.9. The van der Waals surface area contributed by atoms with Gasteiger partial charge in [-0.15, -0.1) is 5.10 Å². The molecule has 4 nitrogen and oxygen atoms in total. The molecule has 0 atom stereocenters. The number of rotatable bonds is 3. The summed E-state index contributed by atoms with van der Waals surface area (Å²) in [6.07, 6.45) is 0. The molecule has 2 rings (SSSR count). The number of aromatic nitrogens is 3. The number of halogens is 1. The predicted molar refractivity (Wildman–Crippen MR) is 71.2 cm³/mol. The maximum absolute atomic E-state index is 5.57. The highest BCUT2D eigenvalue weighted by molar-refractivity contribution is 9.10. The molecule has 1 heterocycles. The monoisotopic (exact) mass is 292 g/mol. The molecular formula is C12H13BrN4. The number of nitrogens with two attached hydrogens (primary N) is 1. The van der Waals surface area contributed by atoms with Crippen LogP contribution in [0.4, 0.5) is 0 Å². The minimum Gasteiger partial charge on any atom is -0.396 e. The summed E-state index contributed by atoms with van der Waals surface area (Å²) in [5, 5.41) is 4.28. The average Bonchev–Trinajstić information content (AvgIpc) is 2.64. The molecule has 2 N–H and O–H groups in total. The minimum absolute atomic E-state index is 0.370. The van der Waals surface area contributed by atoms with Crippen LogP contribution in [-0.4, -0.2) is 14.8 Å². The summed E-state index contributed by atoms with van der Waals surface area (Å²) in [5.74, 6) is 0.463. The number of hydrogen-bond acceptors (Lipinski definition) is 3. The third-order valence-electron chi connectivity index (χ3n) is 2.50. The zero-order chi connectivity index (χ0) is 12.4. The highest BCUT2D eigenvalue weighted by Gasteiger charge is 2.09. The quantitative estimate of drug-likeness (QED) is 0.945. The lowest BCUT2D eigenvalue weighted by atomic mass is 10.1. The zero-order valence-corrected chi connectivity index (χ0v) is 11.1. The van der Waals surface area contributed by atoms with Gasteiger partial charge in [0.05, 0.1) is 12.2 Å². The number of aryl methyl sites for hydroxylation is 1. The van der Waals surface area contributed by atoms with Crippen molar-refractivity contribution in [1.29, 1.82) is 0 Å². The van der Waals surface area contributed by atoms with E-state index in [1.54, 1.807) is 4.68 Å². The van der Waals surface area contributed by atoms with Crippen LogP contribution in [0.5, 0.6) is 0 Å². The van der Waals surface area contributed by atoms with Crippen LogP contribution in [0, 0.1) is 6.92 Å². The van der Waals surface area contributed by atoms with Crippen LogP contribution in [0.15, 0.2) is 35.6 Å². The van der Waals surface area contributed by atoms with Gasteiger partial charge in [0.2, 0.25) is 0 Å². The molecule has 0 aliphatic carbocycles. The molecule has 0 amide bonds. The molecule has 0 bridgehead atoms. The van der Waals surface area contributed by atoms with Crippen LogP contribution in [0.3, 0.4) is 0 Å².